The van der Waals surface area contributed by atoms with Crippen LogP contribution in [0.4, 0.5) is 4.79 Å². The molecule has 0 aliphatic carbocycles. The van der Waals surface area contributed by atoms with Gasteiger partial charge in [0.05, 0.1) is 0 Å². The molecule has 1 atom stereocenters. The number of aromatic nitrogens is 2. The van der Waals surface area contributed by atoms with Crippen LogP contribution in [-0.4, -0.2) is 45.6 Å². The molecule has 1 saturated heterocycles. The van der Waals surface area contributed by atoms with Crippen molar-refractivity contribution >= 4 is 17.9 Å². The first-order valence-corrected chi connectivity index (χ1v) is 9.61. The smallest absolute Gasteiger partial charge is 0.410 e. The van der Waals surface area contributed by atoms with Gasteiger partial charge in [0.15, 0.2) is 0 Å². The highest BCUT2D eigenvalue weighted by Gasteiger charge is 2.28. The average molecular weight is 373 g/mol. The SMILES string of the molecule is CC(C)(C)OC(=O)N1CCSC(c2cccc(Oc3cccnn3)c2)C1. The molecule has 3 rings (SSSR count). The second-order valence-corrected chi connectivity index (χ2v) is 8.33. The summed E-state index contributed by atoms with van der Waals surface area (Å²) in [6, 6.07) is 11.4. The van der Waals surface area contributed by atoms with E-state index in [4.69, 9.17) is 9.47 Å². The van der Waals surface area contributed by atoms with Crippen molar-refractivity contribution in [1.29, 1.82) is 0 Å². The zero-order chi connectivity index (χ0) is 18.6. The molecule has 1 unspecified atom stereocenters. The van der Waals surface area contributed by atoms with Gasteiger partial charge >= 0.3 is 6.09 Å². The predicted molar refractivity (Wildman–Crippen MR) is 102 cm³/mol. The fraction of sp³-hybridized carbons (Fsp3) is 0.421. The Hall–Kier alpha value is -2.28. The Balaban J connectivity index is 1.68. The van der Waals surface area contributed by atoms with E-state index in [-0.39, 0.29) is 11.3 Å². The molecule has 2 aromatic rings. The van der Waals surface area contributed by atoms with Crippen LogP contribution in [0.25, 0.3) is 0 Å². The van der Waals surface area contributed by atoms with Crippen molar-refractivity contribution in [2.45, 2.75) is 31.6 Å². The molecule has 1 aromatic heterocycles. The number of amides is 1. The van der Waals surface area contributed by atoms with Crippen LogP contribution in [0.5, 0.6) is 11.6 Å². The number of thioether (sulfide) groups is 1. The number of ether oxygens (including phenoxy) is 2. The largest absolute Gasteiger partial charge is 0.444 e. The lowest BCUT2D eigenvalue weighted by molar-refractivity contribution is 0.0257. The maximum absolute atomic E-state index is 12.4. The molecule has 0 radical (unpaired) electrons. The maximum atomic E-state index is 12.4. The van der Waals surface area contributed by atoms with Crippen LogP contribution in [0.1, 0.15) is 31.6 Å². The van der Waals surface area contributed by atoms with Crippen molar-refractivity contribution in [3.05, 3.63) is 48.2 Å². The summed E-state index contributed by atoms with van der Waals surface area (Å²) in [7, 11) is 0. The quantitative estimate of drug-likeness (QED) is 0.799. The average Bonchev–Trinajstić information content (AvgIpc) is 2.61. The van der Waals surface area contributed by atoms with Crippen molar-refractivity contribution < 1.29 is 14.3 Å². The lowest BCUT2D eigenvalue weighted by Crippen LogP contribution is -2.42. The van der Waals surface area contributed by atoms with Gasteiger partial charge in [-0.2, -0.15) is 16.9 Å². The van der Waals surface area contributed by atoms with E-state index in [1.807, 2.05) is 50.7 Å². The predicted octanol–water partition coefficient (Wildman–Crippen LogP) is 4.29. The number of nitrogens with zero attached hydrogens (tertiary/aromatic N) is 3. The molecule has 2 heterocycles. The molecule has 1 amide bonds. The number of hydrogen-bond acceptors (Lipinski definition) is 6. The zero-order valence-corrected chi connectivity index (χ0v) is 16.0. The second kappa shape index (κ2) is 7.95. The Morgan fingerprint density at radius 1 is 1.27 bits per heavy atom. The molecule has 0 saturated carbocycles. The lowest BCUT2D eigenvalue weighted by Gasteiger charge is -2.34. The molecular formula is C19H23N3O3S. The van der Waals surface area contributed by atoms with E-state index in [0.29, 0.717) is 24.7 Å². The van der Waals surface area contributed by atoms with Crippen LogP contribution in [0.2, 0.25) is 0 Å². The van der Waals surface area contributed by atoms with Crippen LogP contribution >= 0.6 is 11.8 Å². The summed E-state index contributed by atoms with van der Waals surface area (Å²) in [5.41, 5.74) is 0.631. The Bertz CT molecular complexity index is 749. The van der Waals surface area contributed by atoms with Gasteiger partial charge in [-0.3, -0.25) is 0 Å². The van der Waals surface area contributed by atoms with Crippen molar-refractivity contribution in [3.63, 3.8) is 0 Å². The molecule has 1 aliphatic heterocycles. The minimum atomic E-state index is -0.484. The minimum Gasteiger partial charge on any atom is -0.444 e. The molecule has 0 spiro atoms. The standard InChI is InChI=1S/C19H23N3O3S/c1-19(2,3)25-18(23)22-10-11-26-16(13-22)14-6-4-7-15(12-14)24-17-8-5-9-20-21-17/h4-9,12,16H,10-11,13H2,1-3H3. The Labute approximate surface area is 157 Å². The highest BCUT2D eigenvalue weighted by Crippen LogP contribution is 2.35. The van der Waals surface area contributed by atoms with Crippen LogP contribution in [0.3, 0.4) is 0 Å². The van der Waals surface area contributed by atoms with Gasteiger partial charge in [-0.1, -0.05) is 12.1 Å². The monoisotopic (exact) mass is 373 g/mol. The van der Waals surface area contributed by atoms with Gasteiger partial charge in [0.25, 0.3) is 0 Å². The Morgan fingerprint density at radius 2 is 2.12 bits per heavy atom. The van der Waals surface area contributed by atoms with Crippen LogP contribution < -0.4 is 4.74 Å². The van der Waals surface area contributed by atoms with Gasteiger partial charge in [0.2, 0.25) is 5.88 Å². The molecule has 7 heteroatoms. The molecule has 138 valence electrons. The van der Waals surface area contributed by atoms with Gasteiger partial charge < -0.3 is 14.4 Å². The van der Waals surface area contributed by atoms with E-state index in [9.17, 15) is 4.79 Å². The van der Waals surface area contributed by atoms with Crippen molar-refractivity contribution in [2.24, 2.45) is 0 Å². The highest BCUT2D eigenvalue weighted by atomic mass is 32.2. The molecule has 1 aromatic carbocycles. The van der Waals surface area contributed by atoms with E-state index in [1.54, 1.807) is 23.2 Å². The maximum Gasteiger partial charge on any atom is 0.410 e. The van der Waals surface area contributed by atoms with Gasteiger partial charge in [-0.25, -0.2) is 4.79 Å². The summed E-state index contributed by atoms with van der Waals surface area (Å²) < 4.78 is 11.3. The van der Waals surface area contributed by atoms with Gasteiger partial charge in [0.1, 0.15) is 11.4 Å². The lowest BCUT2D eigenvalue weighted by atomic mass is 10.1. The topological polar surface area (TPSA) is 64.5 Å². The molecular weight excluding hydrogens is 350 g/mol. The Morgan fingerprint density at radius 3 is 2.85 bits per heavy atom. The third kappa shape index (κ3) is 5.11. The van der Waals surface area contributed by atoms with Crippen molar-refractivity contribution in [2.75, 3.05) is 18.8 Å². The second-order valence-electron chi connectivity index (χ2n) is 7.02. The molecule has 0 N–H and O–H groups in total. The summed E-state index contributed by atoms with van der Waals surface area (Å²) in [6.07, 6.45) is 1.35. The number of carbonyl (C=O) groups is 1. The van der Waals surface area contributed by atoms with Gasteiger partial charge in [-0.05, 0) is 44.5 Å². The van der Waals surface area contributed by atoms with Gasteiger partial charge in [0, 0.05) is 36.4 Å². The van der Waals surface area contributed by atoms with E-state index < -0.39 is 5.60 Å². The molecule has 0 bridgehead atoms. The van der Waals surface area contributed by atoms with Crippen molar-refractivity contribution in [1.82, 2.24) is 15.1 Å². The van der Waals surface area contributed by atoms with Crippen LogP contribution in [0, 0.1) is 0 Å². The van der Waals surface area contributed by atoms with E-state index in [2.05, 4.69) is 16.3 Å². The molecule has 26 heavy (non-hydrogen) atoms. The summed E-state index contributed by atoms with van der Waals surface area (Å²) in [5.74, 6) is 2.04. The number of hydrogen-bond donors (Lipinski definition) is 0. The first-order valence-electron chi connectivity index (χ1n) is 8.56. The Kier molecular flexibility index (Phi) is 5.66. The van der Waals surface area contributed by atoms with E-state index in [1.165, 1.54) is 0 Å². The summed E-state index contributed by atoms with van der Waals surface area (Å²) >= 11 is 1.84. The third-order valence-electron chi connectivity index (χ3n) is 3.72. The molecule has 6 nitrogen and oxygen atoms in total. The highest BCUT2D eigenvalue weighted by molar-refractivity contribution is 7.99. The fourth-order valence-electron chi connectivity index (χ4n) is 2.58. The summed E-state index contributed by atoms with van der Waals surface area (Å²) in [6.45, 7) is 6.97. The first kappa shape index (κ1) is 18.5. The van der Waals surface area contributed by atoms with Crippen LogP contribution in [0.15, 0.2) is 42.6 Å². The fourth-order valence-corrected chi connectivity index (χ4v) is 3.82. The summed E-state index contributed by atoms with van der Waals surface area (Å²) in [4.78, 5) is 14.1. The summed E-state index contributed by atoms with van der Waals surface area (Å²) in [5, 5.41) is 7.94. The zero-order valence-electron chi connectivity index (χ0n) is 15.2. The normalized spacial score (nSPS) is 17.7. The van der Waals surface area contributed by atoms with E-state index in [0.717, 1.165) is 11.3 Å². The minimum absolute atomic E-state index is 0.182. The first-order chi connectivity index (χ1) is 12.4. The van der Waals surface area contributed by atoms with Crippen LogP contribution in [-0.2, 0) is 4.74 Å². The molecule has 1 aliphatic rings. The van der Waals surface area contributed by atoms with Crippen molar-refractivity contribution in [3.8, 4) is 11.6 Å². The van der Waals surface area contributed by atoms with Gasteiger partial charge in [-0.15, -0.1) is 5.10 Å². The number of benzene rings is 1. The number of carbonyl (C=O) groups excluding carboxylic acids is 1. The molecule has 1 fully saturated rings. The number of rotatable bonds is 3. The third-order valence-corrected chi connectivity index (χ3v) is 4.96. The van der Waals surface area contributed by atoms with E-state index >= 15 is 0 Å².